The van der Waals surface area contributed by atoms with E-state index in [1.165, 1.54) is 25.7 Å². The maximum Gasteiger partial charge on any atom is 0.0900 e. The number of hydrogen-bond acceptors (Lipinski definition) is 3. The highest BCUT2D eigenvalue weighted by Crippen LogP contribution is 2.30. The Morgan fingerprint density at radius 2 is 2.11 bits per heavy atom. The summed E-state index contributed by atoms with van der Waals surface area (Å²) in [4.78, 5) is 2.29. The van der Waals surface area contributed by atoms with Gasteiger partial charge in [0.05, 0.1) is 17.3 Å². The average molecular weight is 263 g/mol. The quantitative estimate of drug-likeness (QED) is 0.886. The first-order valence-electron chi connectivity index (χ1n) is 7.67. The zero-order valence-corrected chi connectivity index (χ0v) is 11.9. The van der Waals surface area contributed by atoms with Gasteiger partial charge in [0.2, 0.25) is 0 Å². The molecule has 0 radical (unpaired) electrons. The Kier molecular flexibility index (Phi) is 3.63. The molecule has 2 fully saturated rings. The summed E-state index contributed by atoms with van der Waals surface area (Å²) in [6.07, 6.45) is 9.35. The minimum atomic E-state index is -0.428. The van der Waals surface area contributed by atoms with Crippen LogP contribution in [0.5, 0.6) is 0 Å². The highest BCUT2D eigenvalue weighted by atomic mass is 16.3. The normalized spacial score (nSPS) is 23.7. The van der Waals surface area contributed by atoms with Gasteiger partial charge in [-0.3, -0.25) is 9.58 Å². The molecule has 1 aromatic rings. The van der Waals surface area contributed by atoms with Crippen molar-refractivity contribution in [2.24, 2.45) is 0 Å². The van der Waals surface area contributed by atoms with E-state index in [0.717, 1.165) is 38.2 Å². The van der Waals surface area contributed by atoms with E-state index in [4.69, 9.17) is 5.10 Å². The Balaban J connectivity index is 1.51. The van der Waals surface area contributed by atoms with Crippen LogP contribution >= 0.6 is 0 Å². The lowest BCUT2D eigenvalue weighted by Gasteiger charge is -2.46. The van der Waals surface area contributed by atoms with Gasteiger partial charge >= 0.3 is 0 Å². The highest BCUT2D eigenvalue weighted by Gasteiger charge is 2.40. The molecule has 2 heterocycles. The first-order chi connectivity index (χ1) is 9.18. The minimum absolute atomic E-state index is 0.428. The highest BCUT2D eigenvalue weighted by molar-refractivity contribution is 5.04. The van der Waals surface area contributed by atoms with E-state index in [1.54, 1.807) is 0 Å². The van der Waals surface area contributed by atoms with E-state index in [-0.39, 0.29) is 0 Å². The fraction of sp³-hybridized carbons (Fsp3) is 0.800. The third kappa shape index (κ3) is 2.84. The molecule has 3 rings (SSSR count). The van der Waals surface area contributed by atoms with Crippen LogP contribution in [0.2, 0.25) is 0 Å². The predicted octanol–water partition coefficient (Wildman–Crippen LogP) is 2.35. The lowest BCUT2D eigenvalue weighted by molar-refractivity contribution is -0.107. The fourth-order valence-electron chi connectivity index (χ4n) is 3.58. The molecular weight excluding hydrogens is 238 g/mol. The lowest BCUT2D eigenvalue weighted by Crippen LogP contribution is -2.61. The van der Waals surface area contributed by atoms with Crippen LogP contribution in [-0.4, -0.2) is 38.5 Å². The molecule has 1 saturated heterocycles. The molecular formula is C15H25N3O. The monoisotopic (exact) mass is 263 g/mol. The third-order valence-corrected chi connectivity index (χ3v) is 4.50. The molecule has 0 amide bonds. The Morgan fingerprint density at radius 1 is 1.37 bits per heavy atom. The Hall–Kier alpha value is -0.870. The molecule has 1 saturated carbocycles. The number of likely N-dealkylation sites (tertiary alicyclic amines) is 1. The van der Waals surface area contributed by atoms with Crippen molar-refractivity contribution in [3.8, 4) is 0 Å². The van der Waals surface area contributed by atoms with Crippen LogP contribution in [0.15, 0.2) is 12.3 Å². The van der Waals surface area contributed by atoms with Gasteiger partial charge < -0.3 is 5.11 Å². The van der Waals surface area contributed by atoms with Crippen LogP contribution in [0.3, 0.4) is 0 Å². The second-order valence-corrected chi connectivity index (χ2v) is 6.34. The largest absolute Gasteiger partial charge is 0.387 e. The van der Waals surface area contributed by atoms with Gasteiger partial charge in [-0.25, -0.2) is 0 Å². The van der Waals surface area contributed by atoms with Crippen LogP contribution in [-0.2, 0) is 6.54 Å². The molecule has 0 aromatic carbocycles. The summed E-state index contributed by atoms with van der Waals surface area (Å²) >= 11 is 0. The van der Waals surface area contributed by atoms with Crippen molar-refractivity contribution in [3.05, 3.63) is 18.0 Å². The molecule has 1 aliphatic heterocycles. The van der Waals surface area contributed by atoms with Gasteiger partial charge in [-0.1, -0.05) is 26.2 Å². The summed E-state index contributed by atoms with van der Waals surface area (Å²) in [6, 6.07) is 2.76. The molecule has 106 valence electrons. The second-order valence-electron chi connectivity index (χ2n) is 6.34. The fourth-order valence-corrected chi connectivity index (χ4v) is 3.58. The van der Waals surface area contributed by atoms with Crippen molar-refractivity contribution in [3.63, 3.8) is 0 Å². The molecule has 0 atom stereocenters. The smallest absolute Gasteiger partial charge is 0.0900 e. The van der Waals surface area contributed by atoms with Crippen LogP contribution in [0.25, 0.3) is 0 Å². The number of hydrogen-bond donors (Lipinski definition) is 1. The van der Waals surface area contributed by atoms with Crippen LogP contribution in [0.4, 0.5) is 0 Å². The third-order valence-electron chi connectivity index (χ3n) is 4.50. The molecule has 1 N–H and O–H groups in total. The summed E-state index contributed by atoms with van der Waals surface area (Å²) in [5.74, 6) is 0. The van der Waals surface area contributed by atoms with Crippen molar-refractivity contribution < 1.29 is 5.11 Å². The van der Waals surface area contributed by atoms with Gasteiger partial charge in [0, 0.05) is 25.8 Å². The Morgan fingerprint density at radius 3 is 2.79 bits per heavy atom. The SMILES string of the molecule is CCCC1(O)CN(Cc2ccn(C3CCCC3)n2)C1. The number of aromatic nitrogens is 2. The zero-order valence-electron chi connectivity index (χ0n) is 11.9. The van der Waals surface area contributed by atoms with Crippen molar-refractivity contribution in [1.29, 1.82) is 0 Å². The van der Waals surface area contributed by atoms with E-state index in [0.29, 0.717) is 6.04 Å². The van der Waals surface area contributed by atoms with Crippen molar-refractivity contribution in [2.75, 3.05) is 13.1 Å². The summed E-state index contributed by atoms with van der Waals surface area (Å²) in [5, 5.41) is 14.9. The first kappa shape index (κ1) is 13.1. The molecule has 0 spiro atoms. The van der Waals surface area contributed by atoms with Crippen LogP contribution in [0, 0.1) is 0 Å². The lowest BCUT2D eigenvalue weighted by atomic mass is 9.89. The van der Waals surface area contributed by atoms with Crippen molar-refractivity contribution in [1.82, 2.24) is 14.7 Å². The van der Waals surface area contributed by atoms with E-state index >= 15 is 0 Å². The van der Waals surface area contributed by atoms with Gasteiger partial charge in [0.25, 0.3) is 0 Å². The Bertz CT molecular complexity index is 417. The minimum Gasteiger partial charge on any atom is -0.387 e. The molecule has 19 heavy (non-hydrogen) atoms. The predicted molar refractivity (Wildman–Crippen MR) is 74.9 cm³/mol. The average Bonchev–Trinajstić information content (AvgIpc) is 2.96. The van der Waals surface area contributed by atoms with Gasteiger partial charge in [-0.15, -0.1) is 0 Å². The number of rotatable bonds is 5. The molecule has 4 nitrogen and oxygen atoms in total. The maximum absolute atomic E-state index is 10.2. The molecule has 0 bridgehead atoms. The Labute approximate surface area is 115 Å². The van der Waals surface area contributed by atoms with E-state index < -0.39 is 5.60 Å². The van der Waals surface area contributed by atoms with Crippen molar-refractivity contribution in [2.45, 2.75) is 63.6 Å². The molecule has 1 aliphatic carbocycles. The standard InChI is InChI=1S/C15H25N3O/c1-2-8-15(19)11-17(12-15)10-13-7-9-18(16-13)14-5-3-4-6-14/h7,9,14,19H,2-6,8,10-12H2,1H3. The molecule has 2 aliphatic rings. The summed E-state index contributed by atoms with van der Waals surface area (Å²) in [7, 11) is 0. The number of aliphatic hydroxyl groups is 1. The van der Waals surface area contributed by atoms with Gasteiger partial charge in [-0.2, -0.15) is 5.10 Å². The summed E-state index contributed by atoms with van der Waals surface area (Å²) < 4.78 is 2.15. The number of β-amino-alcohol motifs (C(OH)–C–C–N with tert-alkyl or cyclic N) is 1. The van der Waals surface area contributed by atoms with E-state index in [2.05, 4.69) is 28.8 Å². The van der Waals surface area contributed by atoms with Gasteiger partial charge in [0.1, 0.15) is 0 Å². The van der Waals surface area contributed by atoms with Crippen LogP contribution < -0.4 is 0 Å². The molecule has 1 aromatic heterocycles. The second kappa shape index (κ2) is 5.25. The molecule has 4 heteroatoms. The maximum atomic E-state index is 10.2. The van der Waals surface area contributed by atoms with Gasteiger partial charge in [-0.05, 0) is 25.3 Å². The molecule has 0 unspecified atom stereocenters. The first-order valence-corrected chi connectivity index (χ1v) is 7.67. The number of nitrogens with zero attached hydrogens (tertiary/aromatic N) is 3. The summed E-state index contributed by atoms with van der Waals surface area (Å²) in [6.45, 7) is 4.61. The summed E-state index contributed by atoms with van der Waals surface area (Å²) in [5.41, 5.74) is 0.716. The van der Waals surface area contributed by atoms with Crippen LogP contribution in [0.1, 0.15) is 57.2 Å². The zero-order chi connectivity index (χ0) is 13.3. The van der Waals surface area contributed by atoms with E-state index in [1.807, 2.05) is 0 Å². The van der Waals surface area contributed by atoms with Gasteiger partial charge in [0.15, 0.2) is 0 Å². The topological polar surface area (TPSA) is 41.3 Å². The van der Waals surface area contributed by atoms with E-state index in [9.17, 15) is 5.11 Å². The van der Waals surface area contributed by atoms with Crippen molar-refractivity contribution >= 4 is 0 Å².